The van der Waals surface area contributed by atoms with E-state index in [1.54, 1.807) is 18.9 Å². The molecule has 1 amide bonds. The number of nitrogens with zero attached hydrogens (tertiary/aromatic N) is 1. The maximum absolute atomic E-state index is 12.8. The molecule has 1 atom stereocenters. The minimum atomic E-state index is -0.556. The zero-order valence-corrected chi connectivity index (χ0v) is 16.2. The maximum atomic E-state index is 12.8. The van der Waals surface area contributed by atoms with Crippen LogP contribution in [0.3, 0.4) is 0 Å². The third-order valence-corrected chi connectivity index (χ3v) is 5.49. The van der Waals surface area contributed by atoms with Gasteiger partial charge in [0.2, 0.25) is 0 Å². The van der Waals surface area contributed by atoms with E-state index in [9.17, 15) is 9.59 Å². The number of hydrogen-bond donors (Lipinski definition) is 1. The largest absolute Gasteiger partial charge is 0.427 e. The van der Waals surface area contributed by atoms with E-state index >= 15 is 0 Å². The molecule has 0 aliphatic carbocycles. The molecule has 1 fully saturated rings. The third kappa shape index (κ3) is 3.47. The number of nitrogens with one attached hydrogen (secondary N) is 1. The van der Waals surface area contributed by atoms with E-state index in [-0.39, 0.29) is 17.6 Å². The van der Waals surface area contributed by atoms with Crippen LogP contribution in [0.5, 0.6) is 0 Å². The summed E-state index contributed by atoms with van der Waals surface area (Å²) in [7, 11) is 1.64. The normalized spacial score (nSPS) is 16.8. The monoisotopic (exact) mass is 380 g/mol. The molecule has 146 valence electrons. The number of amides is 1. The number of carbonyl (C=O) groups excluding carboxylic acids is 1. The lowest BCUT2D eigenvalue weighted by atomic mass is 10.1. The van der Waals surface area contributed by atoms with Gasteiger partial charge in [-0.05, 0) is 43.0 Å². The topological polar surface area (TPSA) is 75.5 Å². The first-order valence-corrected chi connectivity index (χ1v) is 9.57. The first-order valence-electron chi connectivity index (χ1n) is 9.57. The Morgan fingerprint density at radius 2 is 2.14 bits per heavy atom. The Bertz CT molecular complexity index is 1070. The SMILES string of the molecule is COC1CCN(C(=O)c2c(C)cc(CCc3c[nH]c4ccccc34)oc2=O)C1. The van der Waals surface area contributed by atoms with Gasteiger partial charge in [0.05, 0.1) is 6.10 Å². The third-order valence-electron chi connectivity index (χ3n) is 5.49. The van der Waals surface area contributed by atoms with Gasteiger partial charge in [0, 0.05) is 43.7 Å². The molecule has 0 bridgehead atoms. The minimum Gasteiger partial charge on any atom is -0.427 e. The zero-order valence-electron chi connectivity index (χ0n) is 16.2. The van der Waals surface area contributed by atoms with Crippen LogP contribution < -0.4 is 5.63 Å². The van der Waals surface area contributed by atoms with E-state index in [0.29, 0.717) is 30.8 Å². The highest BCUT2D eigenvalue weighted by molar-refractivity contribution is 5.95. The number of methoxy groups -OCH3 is 1. The summed E-state index contributed by atoms with van der Waals surface area (Å²) in [5.41, 5.74) is 2.51. The molecule has 3 aromatic rings. The number of benzene rings is 1. The highest BCUT2D eigenvalue weighted by Gasteiger charge is 2.29. The average Bonchev–Trinajstić information content (AvgIpc) is 3.33. The summed E-state index contributed by atoms with van der Waals surface area (Å²) in [6, 6.07) is 9.93. The van der Waals surface area contributed by atoms with Crippen molar-refractivity contribution >= 4 is 16.8 Å². The molecule has 1 aromatic carbocycles. The molecule has 28 heavy (non-hydrogen) atoms. The van der Waals surface area contributed by atoms with Crippen LogP contribution in [-0.4, -0.2) is 42.1 Å². The molecular formula is C22H24N2O4. The van der Waals surface area contributed by atoms with Crippen LogP contribution in [0.1, 0.15) is 33.7 Å². The second-order valence-corrected chi connectivity index (χ2v) is 7.32. The summed E-state index contributed by atoms with van der Waals surface area (Å²) in [4.78, 5) is 30.2. The fourth-order valence-corrected chi connectivity index (χ4v) is 3.91. The molecule has 1 N–H and O–H groups in total. The van der Waals surface area contributed by atoms with Crippen molar-refractivity contribution < 1.29 is 13.9 Å². The summed E-state index contributed by atoms with van der Waals surface area (Å²) in [6.45, 7) is 2.90. The highest BCUT2D eigenvalue weighted by atomic mass is 16.5. The Balaban J connectivity index is 1.51. The van der Waals surface area contributed by atoms with Gasteiger partial charge in [0.25, 0.3) is 5.91 Å². The average molecular weight is 380 g/mol. The minimum absolute atomic E-state index is 0.0340. The first kappa shape index (κ1) is 18.5. The number of aromatic nitrogens is 1. The molecule has 0 radical (unpaired) electrons. The van der Waals surface area contributed by atoms with Gasteiger partial charge in [0.15, 0.2) is 0 Å². The van der Waals surface area contributed by atoms with Gasteiger partial charge in [-0.1, -0.05) is 18.2 Å². The van der Waals surface area contributed by atoms with E-state index in [1.165, 1.54) is 10.9 Å². The van der Waals surface area contributed by atoms with E-state index in [4.69, 9.17) is 9.15 Å². The number of fused-ring (bicyclic) bond motifs is 1. The molecule has 2 aromatic heterocycles. The predicted molar refractivity (Wildman–Crippen MR) is 107 cm³/mol. The predicted octanol–water partition coefficient (Wildman–Crippen LogP) is 3.08. The van der Waals surface area contributed by atoms with Crippen LogP contribution >= 0.6 is 0 Å². The zero-order chi connectivity index (χ0) is 19.7. The Kier molecular flexibility index (Phi) is 5.05. The molecule has 0 spiro atoms. The van der Waals surface area contributed by atoms with Crippen molar-refractivity contribution in [3.63, 3.8) is 0 Å². The number of carbonyl (C=O) groups is 1. The number of aromatic amines is 1. The molecular weight excluding hydrogens is 356 g/mol. The number of likely N-dealkylation sites (tertiary alicyclic amines) is 1. The summed E-state index contributed by atoms with van der Waals surface area (Å²) < 4.78 is 10.8. The van der Waals surface area contributed by atoms with Gasteiger partial charge >= 0.3 is 5.63 Å². The lowest BCUT2D eigenvalue weighted by molar-refractivity contribution is 0.0719. The smallest absolute Gasteiger partial charge is 0.349 e. The Hall–Kier alpha value is -2.86. The van der Waals surface area contributed by atoms with E-state index in [0.717, 1.165) is 18.4 Å². The van der Waals surface area contributed by atoms with Crippen molar-refractivity contribution in [1.82, 2.24) is 9.88 Å². The second-order valence-electron chi connectivity index (χ2n) is 7.32. The lowest BCUT2D eigenvalue weighted by Crippen LogP contribution is -2.34. The summed E-state index contributed by atoms with van der Waals surface area (Å²) in [5.74, 6) is 0.328. The molecule has 1 saturated heterocycles. The number of hydrogen-bond acceptors (Lipinski definition) is 4. The van der Waals surface area contributed by atoms with Crippen LogP contribution in [0, 0.1) is 6.92 Å². The van der Waals surface area contributed by atoms with Gasteiger partial charge in [0.1, 0.15) is 11.3 Å². The molecule has 1 aliphatic rings. The summed E-state index contributed by atoms with van der Waals surface area (Å²) in [5, 5.41) is 1.18. The Morgan fingerprint density at radius 1 is 1.32 bits per heavy atom. The number of H-pyrrole nitrogens is 1. The van der Waals surface area contributed by atoms with Gasteiger partial charge in [-0.15, -0.1) is 0 Å². The summed E-state index contributed by atoms with van der Waals surface area (Å²) >= 11 is 0. The van der Waals surface area contributed by atoms with Crippen molar-refractivity contribution in [2.75, 3.05) is 20.2 Å². The van der Waals surface area contributed by atoms with Crippen molar-refractivity contribution in [2.24, 2.45) is 0 Å². The Morgan fingerprint density at radius 3 is 2.89 bits per heavy atom. The number of ether oxygens (including phenoxy) is 1. The Labute approximate surface area is 163 Å². The quantitative estimate of drug-likeness (QED) is 0.738. The fourth-order valence-electron chi connectivity index (χ4n) is 3.91. The van der Waals surface area contributed by atoms with E-state index in [2.05, 4.69) is 11.1 Å². The molecule has 3 heterocycles. The lowest BCUT2D eigenvalue weighted by Gasteiger charge is -2.16. The van der Waals surface area contributed by atoms with Crippen LogP contribution in [0.15, 0.2) is 45.7 Å². The van der Waals surface area contributed by atoms with Crippen molar-refractivity contribution in [1.29, 1.82) is 0 Å². The highest BCUT2D eigenvalue weighted by Crippen LogP contribution is 2.20. The standard InChI is InChI=1S/C22H24N2O4/c1-14-11-16(8-7-15-12-23-19-6-4-3-5-18(15)19)28-22(26)20(14)21(25)24-10-9-17(13-24)27-2/h3-6,11-12,17,23H,7-10,13H2,1-2H3. The fraction of sp³-hybridized carbons (Fsp3) is 0.364. The van der Waals surface area contributed by atoms with E-state index in [1.807, 2.05) is 30.5 Å². The van der Waals surface area contributed by atoms with Crippen LogP contribution in [0.25, 0.3) is 10.9 Å². The molecule has 4 rings (SSSR count). The number of rotatable bonds is 5. The molecule has 1 aliphatic heterocycles. The molecule has 6 nitrogen and oxygen atoms in total. The van der Waals surface area contributed by atoms with Gasteiger partial charge < -0.3 is 19.0 Å². The number of aryl methyl sites for hydroxylation is 3. The molecule has 0 saturated carbocycles. The van der Waals surface area contributed by atoms with Crippen LogP contribution in [0.2, 0.25) is 0 Å². The van der Waals surface area contributed by atoms with Crippen LogP contribution in [-0.2, 0) is 17.6 Å². The van der Waals surface area contributed by atoms with Crippen molar-refractivity contribution in [2.45, 2.75) is 32.3 Å². The van der Waals surface area contributed by atoms with Crippen LogP contribution in [0.4, 0.5) is 0 Å². The van der Waals surface area contributed by atoms with Crippen molar-refractivity contribution in [3.8, 4) is 0 Å². The second kappa shape index (κ2) is 7.64. The van der Waals surface area contributed by atoms with Gasteiger partial charge in [-0.2, -0.15) is 0 Å². The van der Waals surface area contributed by atoms with Gasteiger partial charge in [-0.25, -0.2) is 4.79 Å². The van der Waals surface area contributed by atoms with E-state index < -0.39 is 5.63 Å². The maximum Gasteiger partial charge on any atom is 0.349 e. The molecule has 1 unspecified atom stereocenters. The number of para-hydroxylation sites is 1. The summed E-state index contributed by atoms with van der Waals surface area (Å²) in [6.07, 6.45) is 4.16. The van der Waals surface area contributed by atoms with Crippen molar-refractivity contribution in [3.05, 3.63) is 69.4 Å². The first-order chi connectivity index (χ1) is 13.6. The molecule has 6 heteroatoms. The van der Waals surface area contributed by atoms with Gasteiger partial charge in [-0.3, -0.25) is 4.79 Å².